The van der Waals surface area contributed by atoms with Gasteiger partial charge in [-0.2, -0.15) is 0 Å². The van der Waals surface area contributed by atoms with E-state index in [2.05, 4.69) is 0 Å². The standard InChI is InChI=1S/C15H28O9/c1-2-3-4-5-11(18)22-8-9(6-16)23-15-14(21)13(20)12(19)10(7-17)24-15/h9-10,12-17,19-21H,2-8H2,1H3/t9-,10-,12+,13+,14-,15+/m1/s1. The zero-order chi connectivity index (χ0) is 18.1. The van der Waals surface area contributed by atoms with Crippen molar-refractivity contribution in [3.63, 3.8) is 0 Å². The lowest BCUT2D eigenvalue weighted by molar-refractivity contribution is -0.315. The summed E-state index contributed by atoms with van der Waals surface area (Å²) in [5.74, 6) is -0.417. The summed E-state index contributed by atoms with van der Waals surface area (Å²) in [6.07, 6.45) is -5.21. The fraction of sp³-hybridized carbons (Fsp3) is 0.933. The van der Waals surface area contributed by atoms with Gasteiger partial charge in [-0.1, -0.05) is 19.8 Å². The molecule has 0 radical (unpaired) electrons. The molecular weight excluding hydrogens is 324 g/mol. The molecule has 1 aliphatic heterocycles. The SMILES string of the molecule is CCCCCC(=O)OC[C@@H](CO)O[C@H]1O[C@H](CO)[C@H](O)[C@H](O)[C@H]1O. The molecule has 0 aromatic carbocycles. The number of esters is 1. The average Bonchev–Trinajstić information content (AvgIpc) is 2.58. The Labute approximate surface area is 140 Å². The van der Waals surface area contributed by atoms with Gasteiger partial charge in [0, 0.05) is 6.42 Å². The van der Waals surface area contributed by atoms with Gasteiger partial charge in [-0.25, -0.2) is 0 Å². The third kappa shape index (κ3) is 6.25. The number of rotatable bonds is 10. The van der Waals surface area contributed by atoms with E-state index in [9.17, 15) is 25.2 Å². The van der Waals surface area contributed by atoms with E-state index in [-0.39, 0.29) is 13.0 Å². The zero-order valence-corrected chi connectivity index (χ0v) is 13.8. The van der Waals surface area contributed by atoms with Crippen LogP contribution in [-0.4, -0.2) is 88.1 Å². The minimum atomic E-state index is -1.57. The lowest BCUT2D eigenvalue weighted by Gasteiger charge is -2.40. The van der Waals surface area contributed by atoms with E-state index in [0.29, 0.717) is 6.42 Å². The van der Waals surface area contributed by atoms with Crippen LogP contribution in [0.4, 0.5) is 0 Å². The molecule has 6 atom stereocenters. The van der Waals surface area contributed by atoms with E-state index in [1.165, 1.54) is 0 Å². The summed E-state index contributed by atoms with van der Waals surface area (Å²) in [5, 5.41) is 47.6. The molecular formula is C15H28O9. The molecule has 9 heteroatoms. The minimum Gasteiger partial charge on any atom is -0.463 e. The largest absolute Gasteiger partial charge is 0.463 e. The van der Waals surface area contributed by atoms with E-state index in [1.54, 1.807) is 0 Å². The van der Waals surface area contributed by atoms with Crippen molar-refractivity contribution < 1.29 is 44.5 Å². The maximum Gasteiger partial charge on any atom is 0.305 e. The molecule has 0 saturated carbocycles. The lowest BCUT2D eigenvalue weighted by Crippen LogP contribution is -2.60. The predicted octanol–water partition coefficient (Wildman–Crippen LogP) is -1.71. The number of aliphatic hydroxyl groups is 5. The van der Waals surface area contributed by atoms with Crippen molar-refractivity contribution in [2.24, 2.45) is 0 Å². The normalized spacial score (nSPS) is 31.7. The Bertz CT molecular complexity index is 363. The van der Waals surface area contributed by atoms with Crippen LogP contribution in [0.1, 0.15) is 32.6 Å². The summed E-state index contributed by atoms with van der Waals surface area (Å²) in [7, 11) is 0. The molecule has 1 saturated heterocycles. The summed E-state index contributed by atoms with van der Waals surface area (Å²) < 4.78 is 15.5. The number of carbonyl (C=O) groups excluding carboxylic acids is 1. The molecule has 1 aliphatic rings. The number of carbonyl (C=O) groups is 1. The van der Waals surface area contributed by atoms with Gasteiger partial charge in [-0.05, 0) is 6.42 Å². The van der Waals surface area contributed by atoms with Crippen molar-refractivity contribution in [1.29, 1.82) is 0 Å². The van der Waals surface area contributed by atoms with Crippen molar-refractivity contribution in [1.82, 2.24) is 0 Å². The Morgan fingerprint density at radius 3 is 2.42 bits per heavy atom. The highest BCUT2D eigenvalue weighted by molar-refractivity contribution is 5.69. The highest BCUT2D eigenvalue weighted by Gasteiger charge is 2.44. The molecule has 0 aromatic heterocycles. The second kappa shape index (κ2) is 10.9. The van der Waals surface area contributed by atoms with Crippen LogP contribution >= 0.6 is 0 Å². The fourth-order valence-corrected chi connectivity index (χ4v) is 2.28. The molecule has 1 heterocycles. The topological polar surface area (TPSA) is 146 Å². The van der Waals surface area contributed by atoms with Crippen LogP contribution in [0.15, 0.2) is 0 Å². The molecule has 0 aliphatic carbocycles. The maximum absolute atomic E-state index is 11.5. The van der Waals surface area contributed by atoms with Gasteiger partial charge in [-0.3, -0.25) is 4.79 Å². The van der Waals surface area contributed by atoms with Gasteiger partial charge in [0.1, 0.15) is 37.1 Å². The number of ether oxygens (including phenoxy) is 3. The molecule has 9 nitrogen and oxygen atoms in total. The number of unbranched alkanes of at least 4 members (excludes halogenated alkanes) is 2. The number of hydrogen-bond donors (Lipinski definition) is 5. The molecule has 5 N–H and O–H groups in total. The van der Waals surface area contributed by atoms with Crippen molar-refractivity contribution in [3.8, 4) is 0 Å². The molecule has 0 amide bonds. The third-order valence-corrected chi connectivity index (χ3v) is 3.79. The monoisotopic (exact) mass is 352 g/mol. The van der Waals surface area contributed by atoms with E-state index >= 15 is 0 Å². The Hall–Kier alpha value is -0.810. The van der Waals surface area contributed by atoms with Crippen molar-refractivity contribution in [2.45, 2.75) is 69.4 Å². The van der Waals surface area contributed by atoms with Gasteiger partial charge >= 0.3 is 5.97 Å². The molecule has 24 heavy (non-hydrogen) atoms. The maximum atomic E-state index is 11.5. The predicted molar refractivity (Wildman–Crippen MR) is 80.8 cm³/mol. The molecule has 0 aromatic rings. The Kier molecular flexibility index (Phi) is 9.67. The van der Waals surface area contributed by atoms with Crippen LogP contribution in [0.3, 0.4) is 0 Å². The van der Waals surface area contributed by atoms with Crippen LogP contribution in [0, 0.1) is 0 Å². The zero-order valence-electron chi connectivity index (χ0n) is 13.8. The molecule has 142 valence electrons. The third-order valence-electron chi connectivity index (χ3n) is 3.79. The fourth-order valence-electron chi connectivity index (χ4n) is 2.28. The van der Waals surface area contributed by atoms with Crippen LogP contribution in [0.2, 0.25) is 0 Å². The van der Waals surface area contributed by atoms with Crippen LogP contribution in [0.5, 0.6) is 0 Å². The van der Waals surface area contributed by atoms with Gasteiger partial charge in [0.25, 0.3) is 0 Å². The summed E-state index contributed by atoms with van der Waals surface area (Å²) >= 11 is 0. The van der Waals surface area contributed by atoms with Crippen molar-refractivity contribution in [3.05, 3.63) is 0 Å². The molecule has 1 fully saturated rings. The first-order valence-electron chi connectivity index (χ1n) is 8.17. The van der Waals surface area contributed by atoms with Gasteiger partial charge in [0.2, 0.25) is 0 Å². The molecule has 0 spiro atoms. The second-order valence-corrected chi connectivity index (χ2v) is 5.78. The van der Waals surface area contributed by atoms with Crippen LogP contribution in [0.25, 0.3) is 0 Å². The quantitative estimate of drug-likeness (QED) is 0.229. The Morgan fingerprint density at radius 1 is 1.12 bits per heavy atom. The Morgan fingerprint density at radius 2 is 1.83 bits per heavy atom. The summed E-state index contributed by atoms with van der Waals surface area (Å²) in [6, 6.07) is 0. The first-order chi connectivity index (χ1) is 11.4. The van der Waals surface area contributed by atoms with Gasteiger partial charge < -0.3 is 39.7 Å². The van der Waals surface area contributed by atoms with Gasteiger partial charge in [0.05, 0.1) is 13.2 Å². The Balaban J connectivity index is 2.47. The summed E-state index contributed by atoms with van der Waals surface area (Å²) in [6.45, 7) is 0.691. The smallest absolute Gasteiger partial charge is 0.305 e. The molecule has 0 unspecified atom stereocenters. The van der Waals surface area contributed by atoms with Gasteiger partial charge in [0.15, 0.2) is 6.29 Å². The lowest BCUT2D eigenvalue weighted by atomic mass is 9.99. The summed E-state index contributed by atoms with van der Waals surface area (Å²) in [4.78, 5) is 11.5. The van der Waals surface area contributed by atoms with Crippen molar-refractivity contribution >= 4 is 5.97 Å². The highest BCUT2D eigenvalue weighted by Crippen LogP contribution is 2.23. The number of hydrogen-bond acceptors (Lipinski definition) is 9. The van der Waals surface area contributed by atoms with E-state index in [0.717, 1.165) is 12.8 Å². The van der Waals surface area contributed by atoms with Crippen LogP contribution in [-0.2, 0) is 19.0 Å². The molecule has 0 bridgehead atoms. The second-order valence-electron chi connectivity index (χ2n) is 5.78. The molecule has 1 rings (SSSR count). The van der Waals surface area contributed by atoms with E-state index < -0.39 is 56.0 Å². The van der Waals surface area contributed by atoms with Crippen LogP contribution < -0.4 is 0 Å². The highest BCUT2D eigenvalue weighted by atomic mass is 16.7. The summed E-state index contributed by atoms with van der Waals surface area (Å²) in [5.41, 5.74) is 0. The number of aliphatic hydroxyl groups excluding tert-OH is 5. The first-order valence-corrected chi connectivity index (χ1v) is 8.17. The minimum absolute atomic E-state index is 0.240. The van der Waals surface area contributed by atoms with E-state index in [1.807, 2.05) is 6.92 Å². The first kappa shape index (κ1) is 21.2. The van der Waals surface area contributed by atoms with Gasteiger partial charge in [-0.15, -0.1) is 0 Å². The van der Waals surface area contributed by atoms with E-state index in [4.69, 9.17) is 19.3 Å². The average molecular weight is 352 g/mol. The van der Waals surface area contributed by atoms with Crippen molar-refractivity contribution in [2.75, 3.05) is 19.8 Å².